The van der Waals surface area contributed by atoms with Crippen LogP contribution in [-0.4, -0.2) is 35.6 Å². The van der Waals surface area contributed by atoms with Gasteiger partial charge in [0.25, 0.3) is 0 Å². The Labute approximate surface area is 102 Å². The average Bonchev–Trinajstić information content (AvgIpc) is 3.07. The fourth-order valence-electron chi connectivity index (χ4n) is 1.68. The van der Waals surface area contributed by atoms with Crippen molar-refractivity contribution >= 4 is 11.9 Å². The van der Waals surface area contributed by atoms with Crippen molar-refractivity contribution in [1.82, 2.24) is 10.6 Å². The lowest BCUT2D eigenvalue weighted by atomic mass is 10.2. The van der Waals surface area contributed by atoms with Crippen LogP contribution in [0.25, 0.3) is 0 Å². The van der Waals surface area contributed by atoms with Crippen molar-refractivity contribution in [3.8, 4) is 0 Å². The average molecular weight is 242 g/mol. The highest BCUT2D eigenvalue weighted by Crippen LogP contribution is 2.32. The molecule has 1 fully saturated rings. The number of hydrogen-bond donors (Lipinski definition) is 3. The molecule has 0 aromatic heterocycles. The summed E-state index contributed by atoms with van der Waals surface area (Å²) in [5.41, 5.74) is 0. The SMILES string of the molecule is CCC(C)NC(=O)CCNC(C(=O)O)C1CC1. The fourth-order valence-corrected chi connectivity index (χ4v) is 1.68. The van der Waals surface area contributed by atoms with Gasteiger partial charge in [-0.05, 0) is 32.1 Å². The molecule has 0 aliphatic heterocycles. The number of nitrogens with one attached hydrogen (secondary N) is 2. The third-order valence-corrected chi connectivity index (χ3v) is 3.10. The van der Waals surface area contributed by atoms with Crippen LogP contribution < -0.4 is 10.6 Å². The van der Waals surface area contributed by atoms with Crippen LogP contribution in [-0.2, 0) is 9.59 Å². The Morgan fingerprint density at radius 3 is 2.53 bits per heavy atom. The molecule has 1 aliphatic rings. The zero-order valence-electron chi connectivity index (χ0n) is 10.5. The van der Waals surface area contributed by atoms with E-state index in [2.05, 4.69) is 10.6 Å². The minimum absolute atomic E-state index is 0.0215. The van der Waals surface area contributed by atoms with Gasteiger partial charge in [0.05, 0.1) is 0 Å². The highest BCUT2D eigenvalue weighted by molar-refractivity contribution is 5.77. The van der Waals surface area contributed by atoms with Gasteiger partial charge < -0.3 is 15.7 Å². The van der Waals surface area contributed by atoms with Crippen LogP contribution in [0.4, 0.5) is 0 Å². The molecule has 0 heterocycles. The zero-order valence-corrected chi connectivity index (χ0v) is 10.5. The van der Waals surface area contributed by atoms with Crippen LogP contribution in [0.5, 0.6) is 0 Å². The number of carboxylic acid groups (broad SMARTS) is 1. The second-order valence-corrected chi connectivity index (χ2v) is 4.73. The van der Waals surface area contributed by atoms with E-state index in [0.717, 1.165) is 19.3 Å². The molecule has 1 rings (SSSR count). The molecule has 0 spiro atoms. The van der Waals surface area contributed by atoms with Gasteiger partial charge in [0.15, 0.2) is 0 Å². The summed E-state index contributed by atoms with van der Waals surface area (Å²) in [5, 5.41) is 14.8. The Kier molecular flexibility index (Phi) is 5.41. The van der Waals surface area contributed by atoms with E-state index in [-0.39, 0.29) is 17.9 Å². The van der Waals surface area contributed by atoms with Gasteiger partial charge in [-0.15, -0.1) is 0 Å². The molecule has 2 unspecified atom stereocenters. The van der Waals surface area contributed by atoms with E-state index in [1.165, 1.54) is 0 Å². The van der Waals surface area contributed by atoms with E-state index >= 15 is 0 Å². The van der Waals surface area contributed by atoms with Gasteiger partial charge in [0.2, 0.25) is 5.91 Å². The Morgan fingerprint density at radius 2 is 2.06 bits per heavy atom. The molecular formula is C12H22N2O3. The number of carboxylic acids is 1. The zero-order chi connectivity index (χ0) is 12.8. The molecule has 3 N–H and O–H groups in total. The Morgan fingerprint density at radius 1 is 1.41 bits per heavy atom. The first-order valence-electron chi connectivity index (χ1n) is 6.30. The molecule has 0 bridgehead atoms. The van der Waals surface area contributed by atoms with Crippen molar-refractivity contribution in [2.45, 2.75) is 51.6 Å². The van der Waals surface area contributed by atoms with Crippen molar-refractivity contribution in [2.24, 2.45) is 5.92 Å². The van der Waals surface area contributed by atoms with E-state index in [9.17, 15) is 9.59 Å². The predicted molar refractivity (Wildman–Crippen MR) is 64.7 cm³/mol. The van der Waals surface area contributed by atoms with Crippen LogP contribution >= 0.6 is 0 Å². The first-order valence-corrected chi connectivity index (χ1v) is 6.30. The molecule has 5 nitrogen and oxygen atoms in total. The first kappa shape index (κ1) is 14.0. The maximum atomic E-state index is 11.5. The number of rotatable bonds is 8. The molecule has 5 heteroatoms. The standard InChI is InChI=1S/C12H22N2O3/c1-3-8(2)14-10(15)6-7-13-11(12(16)17)9-4-5-9/h8-9,11,13H,3-7H2,1-2H3,(H,14,15)(H,16,17). The summed E-state index contributed by atoms with van der Waals surface area (Å²) in [4.78, 5) is 22.4. The van der Waals surface area contributed by atoms with Gasteiger partial charge in [-0.25, -0.2) is 0 Å². The normalized spacial score (nSPS) is 18.5. The molecule has 17 heavy (non-hydrogen) atoms. The third-order valence-electron chi connectivity index (χ3n) is 3.10. The molecule has 0 saturated heterocycles. The van der Waals surface area contributed by atoms with E-state index in [4.69, 9.17) is 5.11 Å². The van der Waals surface area contributed by atoms with Crippen LogP contribution in [0.15, 0.2) is 0 Å². The Hall–Kier alpha value is -1.10. The summed E-state index contributed by atoms with van der Waals surface area (Å²) in [5.74, 6) is -0.577. The predicted octanol–water partition coefficient (Wildman–Crippen LogP) is 0.744. The summed E-state index contributed by atoms with van der Waals surface area (Å²) < 4.78 is 0. The van der Waals surface area contributed by atoms with Gasteiger partial charge in [-0.2, -0.15) is 0 Å². The number of carbonyl (C=O) groups excluding carboxylic acids is 1. The van der Waals surface area contributed by atoms with Crippen molar-refractivity contribution in [3.63, 3.8) is 0 Å². The van der Waals surface area contributed by atoms with Crippen LogP contribution in [0.3, 0.4) is 0 Å². The van der Waals surface area contributed by atoms with Crippen LogP contribution in [0.1, 0.15) is 39.5 Å². The molecule has 0 aromatic rings. The number of hydrogen-bond acceptors (Lipinski definition) is 3. The van der Waals surface area contributed by atoms with Crippen molar-refractivity contribution in [3.05, 3.63) is 0 Å². The fraction of sp³-hybridized carbons (Fsp3) is 0.833. The molecule has 0 aromatic carbocycles. The van der Waals surface area contributed by atoms with Crippen LogP contribution in [0, 0.1) is 5.92 Å². The minimum Gasteiger partial charge on any atom is -0.480 e. The lowest BCUT2D eigenvalue weighted by Crippen LogP contribution is -2.41. The largest absolute Gasteiger partial charge is 0.480 e. The Balaban J connectivity index is 2.17. The third kappa shape index (κ3) is 5.17. The van der Waals surface area contributed by atoms with Crippen LogP contribution in [0.2, 0.25) is 0 Å². The molecule has 1 saturated carbocycles. The summed E-state index contributed by atoms with van der Waals surface area (Å²) >= 11 is 0. The smallest absolute Gasteiger partial charge is 0.320 e. The van der Waals surface area contributed by atoms with Gasteiger partial charge in [0.1, 0.15) is 6.04 Å². The second-order valence-electron chi connectivity index (χ2n) is 4.73. The summed E-state index contributed by atoms with van der Waals surface area (Å²) in [7, 11) is 0. The molecule has 98 valence electrons. The Bertz CT molecular complexity index is 277. The van der Waals surface area contributed by atoms with Gasteiger partial charge >= 0.3 is 5.97 Å². The van der Waals surface area contributed by atoms with Gasteiger partial charge in [-0.3, -0.25) is 9.59 Å². The second kappa shape index (κ2) is 6.59. The lowest BCUT2D eigenvalue weighted by Gasteiger charge is -2.14. The first-order chi connectivity index (χ1) is 8.04. The van der Waals surface area contributed by atoms with E-state index in [1.54, 1.807) is 0 Å². The summed E-state index contributed by atoms with van der Waals surface area (Å²) in [6, 6.07) is -0.299. The maximum Gasteiger partial charge on any atom is 0.320 e. The van der Waals surface area contributed by atoms with Crippen molar-refractivity contribution in [1.29, 1.82) is 0 Å². The van der Waals surface area contributed by atoms with E-state index in [1.807, 2.05) is 13.8 Å². The highest BCUT2D eigenvalue weighted by atomic mass is 16.4. The number of amides is 1. The minimum atomic E-state index is -0.810. The highest BCUT2D eigenvalue weighted by Gasteiger charge is 2.35. The molecular weight excluding hydrogens is 220 g/mol. The maximum absolute atomic E-state index is 11.5. The van der Waals surface area contributed by atoms with Gasteiger partial charge in [0, 0.05) is 19.0 Å². The molecule has 0 radical (unpaired) electrons. The van der Waals surface area contributed by atoms with Crippen molar-refractivity contribution < 1.29 is 14.7 Å². The molecule has 2 atom stereocenters. The quantitative estimate of drug-likeness (QED) is 0.586. The number of aliphatic carboxylic acids is 1. The van der Waals surface area contributed by atoms with Gasteiger partial charge in [-0.1, -0.05) is 6.92 Å². The molecule has 1 amide bonds. The summed E-state index contributed by atoms with van der Waals surface area (Å²) in [6.07, 6.45) is 3.19. The molecule has 1 aliphatic carbocycles. The number of carbonyl (C=O) groups is 2. The topological polar surface area (TPSA) is 78.4 Å². The lowest BCUT2D eigenvalue weighted by molar-refractivity contribution is -0.140. The summed E-state index contributed by atoms with van der Waals surface area (Å²) in [6.45, 7) is 4.39. The van der Waals surface area contributed by atoms with E-state index in [0.29, 0.717) is 13.0 Å². The monoisotopic (exact) mass is 242 g/mol. The van der Waals surface area contributed by atoms with Crippen molar-refractivity contribution in [2.75, 3.05) is 6.54 Å². The van der Waals surface area contributed by atoms with E-state index < -0.39 is 12.0 Å².